The molecule has 294 valence electrons. The lowest BCUT2D eigenvalue weighted by Crippen LogP contribution is -2.00. The zero-order valence-electron chi connectivity index (χ0n) is 33.7. The Labute approximate surface area is 361 Å². The first-order valence-electron chi connectivity index (χ1n) is 21.1. The average Bonchev–Trinajstić information content (AvgIpc) is 4.03. The highest BCUT2D eigenvalue weighted by molar-refractivity contribution is 6.14. The molecule has 63 heavy (non-hydrogen) atoms. The fraction of sp³-hybridized carbons (Fsp3) is 0. The summed E-state index contributed by atoms with van der Waals surface area (Å²) in [5.74, 6) is 1.76. The number of furan rings is 2. The maximum Gasteiger partial charge on any atom is 0.164 e. The van der Waals surface area contributed by atoms with Crippen molar-refractivity contribution < 1.29 is 8.83 Å². The number of para-hydroxylation sites is 3. The van der Waals surface area contributed by atoms with E-state index in [4.69, 9.17) is 23.8 Å². The molecule has 0 radical (unpaired) electrons. The maximum atomic E-state index is 6.54. The van der Waals surface area contributed by atoms with Crippen LogP contribution in [0.4, 0.5) is 0 Å². The summed E-state index contributed by atoms with van der Waals surface area (Å²) >= 11 is 0. The molecule has 0 fully saturated rings. The van der Waals surface area contributed by atoms with Crippen molar-refractivity contribution in [3.05, 3.63) is 206 Å². The SMILES string of the molecule is c1ccc(-c2nc(-c3ccc(-c4ccc5c(c4)oc4ccccc45)cc3)nc(-c3cccc4oc5ccc(-c6ccc7c8ccccc8n(-c8ccccc8)c7c6)cc5c34)n2)cc1. The molecule has 9 aromatic carbocycles. The van der Waals surface area contributed by atoms with Crippen LogP contribution in [0.3, 0.4) is 0 Å². The fourth-order valence-electron chi connectivity index (χ4n) is 9.26. The third kappa shape index (κ3) is 5.76. The topological polar surface area (TPSA) is 69.9 Å². The number of hydrogen-bond acceptors (Lipinski definition) is 5. The molecular formula is C57H34N4O2. The molecule has 0 atom stereocenters. The molecule has 0 N–H and O–H groups in total. The highest BCUT2D eigenvalue weighted by Crippen LogP contribution is 2.41. The molecule has 0 aliphatic heterocycles. The molecule has 4 aromatic heterocycles. The number of nitrogens with zero attached hydrogens (tertiary/aromatic N) is 4. The highest BCUT2D eigenvalue weighted by Gasteiger charge is 2.20. The maximum absolute atomic E-state index is 6.54. The summed E-state index contributed by atoms with van der Waals surface area (Å²) in [6.07, 6.45) is 0. The summed E-state index contributed by atoms with van der Waals surface area (Å²) in [5.41, 5.74) is 13.8. The standard InChI is InChI=1S/C57H34N4O2/c1-3-12-36(13-4-1)55-58-56(37-24-22-35(23-25-37)40-27-30-45-44-17-8-10-20-50(44)63-53(45)34-40)60-57(59-55)46-18-11-21-52-54(46)47-32-38(28-31-51(47)62-52)39-26-29-43-42-16-7-9-19-48(42)61(49(43)33-39)41-14-5-2-6-15-41/h1-34H. The van der Waals surface area contributed by atoms with E-state index in [9.17, 15) is 0 Å². The van der Waals surface area contributed by atoms with Gasteiger partial charge in [-0.15, -0.1) is 0 Å². The van der Waals surface area contributed by atoms with Gasteiger partial charge in [0.15, 0.2) is 17.5 Å². The van der Waals surface area contributed by atoms with Crippen LogP contribution in [0.1, 0.15) is 0 Å². The van der Waals surface area contributed by atoms with Crippen molar-refractivity contribution in [1.29, 1.82) is 0 Å². The quantitative estimate of drug-likeness (QED) is 0.167. The van der Waals surface area contributed by atoms with E-state index in [1.165, 1.54) is 16.3 Å². The van der Waals surface area contributed by atoms with Gasteiger partial charge >= 0.3 is 0 Å². The van der Waals surface area contributed by atoms with Gasteiger partial charge in [-0.1, -0.05) is 146 Å². The Balaban J connectivity index is 0.934. The minimum absolute atomic E-state index is 0.575. The van der Waals surface area contributed by atoms with E-state index in [1.807, 2.05) is 60.7 Å². The van der Waals surface area contributed by atoms with Crippen LogP contribution in [0.2, 0.25) is 0 Å². The number of aromatic nitrogens is 4. The first-order valence-corrected chi connectivity index (χ1v) is 21.1. The first-order chi connectivity index (χ1) is 31.2. The van der Waals surface area contributed by atoms with Gasteiger partial charge in [0, 0.05) is 54.7 Å². The molecule has 0 saturated heterocycles. The van der Waals surface area contributed by atoms with E-state index in [-0.39, 0.29) is 0 Å². The average molecular weight is 807 g/mol. The van der Waals surface area contributed by atoms with Crippen molar-refractivity contribution in [3.8, 4) is 62.1 Å². The van der Waals surface area contributed by atoms with Gasteiger partial charge in [0.25, 0.3) is 0 Å². The summed E-state index contributed by atoms with van der Waals surface area (Å²) in [6.45, 7) is 0. The van der Waals surface area contributed by atoms with E-state index in [2.05, 4.69) is 150 Å². The summed E-state index contributed by atoms with van der Waals surface area (Å²) in [6, 6.07) is 71.6. The molecule has 4 heterocycles. The fourth-order valence-corrected chi connectivity index (χ4v) is 9.26. The summed E-state index contributed by atoms with van der Waals surface area (Å²) in [5, 5.41) is 6.63. The van der Waals surface area contributed by atoms with Gasteiger partial charge < -0.3 is 13.4 Å². The number of benzene rings is 9. The Bertz CT molecular complexity index is 3900. The molecule has 0 aliphatic rings. The number of hydrogen-bond donors (Lipinski definition) is 0. The van der Waals surface area contributed by atoms with Gasteiger partial charge in [-0.25, -0.2) is 15.0 Å². The third-order valence-corrected chi connectivity index (χ3v) is 12.3. The molecule has 13 aromatic rings. The molecule has 0 bridgehead atoms. The lowest BCUT2D eigenvalue weighted by atomic mass is 9.99. The second-order valence-corrected chi connectivity index (χ2v) is 16.0. The molecule has 6 heteroatoms. The monoisotopic (exact) mass is 806 g/mol. The normalized spacial score (nSPS) is 11.8. The molecule has 0 aliphatic carbocycles. The first kappa shape index (κ1) is 35.2. The van der Waals surface area contributed by atoms with Gasteiger partial charge in [-0.2, -0.15) is 0 Å². The molecule has 0 spiro atoms. The Kier molecular flexibility index (Phi) is 7.80. The van der Waals surface area contributed by atoms with Crippen LogP contribution in [-0.4, -0.2) is 19.5 Å². The second kappa shape index (κ2) is 14.0. The van der Waals surface area contributed by atoms with E-state index >= 15 is 0 Å². The van der Waals surface area contributed by atoms with Crippen LogP contribution in [0.5, 0.6) is 0 Å². The van der Waals surface area contributed by atoms with Crippen molar-refractivity contribution in [2.75, 3.05) is 0 Å². The van der Waals surface area contributed by atoms with Gasteiger partial charge in [-0.3, -0.25) is 0 Å². The zero-order valence-corrected chi connectivity index (χ0v) is 33.7. The third-order valence-electron chi connectivity index (χ3n) is 12.3. The minimum atomic E-state index is 0.575. The summed E-state index contributed by atoms with van der Waals surface area (Å²) < 4.78 is 15.1. The van der Waals surface area contributed by atoms with Gasteiger partial charge in [0.2, 0.25) is 0 Å². The zero-order chi connectivity index (χ0) is 41.4. The van der Waals surface area contributed by atoms with E-state index in [0.29, 0.717) is 17.5 Å². The van der Waals surface area contributed by atoms with Crippen molar-refractivity contribution in [2.45, 2.75) is 0 Å². The Morgan fingerprint density at radius 3 is 1.67 bits per heavy atom. The molecule has 0 saturated carbocycles. The van der Waals surface area contributed by atoms with Crippen LogP contribution >= 0.6 is 0 Å². The molecular weight excluding hydrogens is 773 g/mol. The molecule has 0 amide bonds. The highest BCUT2D eigenvalue weighted by atomic mass is 16.3. The Hall–Kier alpha value is -8.61. The molecule has 6 nitrogen and oxygen atoms in total. The number of rotatable bonds is 6. The largest absolute Gasteiger partial charge is 0.456 e. The van der Waals surface area contributed by atoms with Crippen LogP contribution in [0, 0.1) is 0 Å². The van der Waals surface area contributed by atoms with Crippen molar-refractivity contribution in [3.63, 3.8) is 0 Å². The van der Waals surface area contributed by atoms with Crippen LogP contribution in [-0.2, 0) is 0 Å². The van der Waals surface area contributed by atoms with Gasteiger partial charge in [-0.05, 0) is 82.9 Å². The van der Waals surface area contributed by atoms with E-state index in [0.717, 1.165) is 94.0 Å². The predicted octanol–water partition coefficient (Wildman–Crippen LogP) is 15.1. The van der Waals surface area contributed by atoms with Gasteiger partial charge in [0.05, 0.1) is 11.0 Å². The molecule has 0 unspecified atom stereocenters. The van der Waals surface area contributed by atoms with Crippen molar-refractivity contribution in [1.82, 2.24) is 19.5 Å². The van der Waals surface area contributed by atoms with Crippen LogP contribution < -0.4 is 0 Å². The van der Waals surface area contributed by atoms with E-state index < -0.39 is 0 Å². The Morgan fingerprint density at radius 2 is 0.841 bits per heavy atom. The van der Waals surface area contributed by atoms with E-state index in [1.54, 1.807) is 0 Å². The molecule has 13 rings (SSSR count). The van der Waals surface area contributed by atoms with Crippen LogP contribution in [0.25, 0.3) is 128 Å². The summed E-state index contributed by atoms with van der Waals surface area (Å²) in [7, 11) is 0. The number of fused-ring (bicyclic) bond motifs is 9. The smallest absolute Gasteiger partial charge is 0.164 e. The lowest BCUT2D eigenvalue weighted by molar-refractivity contribution is 0.668. The van der Waals surface area contributed by atoms with Crippen molar-refractivity contribution in [2.24, 2.45) is 0 Å². The van der Waals surface area contributed by atoms with Gasteiger partial charge in [0.1, 0.15) is 22.3 Å². The predicted molar refractivity (Wildman–Crippen MR) is 256 cm³/mol. The lowest BCUT2D eigenvalue weighted by Gasteiger charge is -2.10. The minimum Gasteiger partial charge on any atom is -0.456 e. The van der Waals surface area contributed by atoms with Crippen molar-refractivity contribution >= 4 is 65.7 Å². The Morgan fingerprint density at radius 1 is 0.302 bits per heavy atom. The van der Waals surface area contributed by atoms with Crippen LogP contribution in [0.15, 0.2) is 215 Å². The summed E-state index contributed by atoms with van der Waals surface area (Å²) in [4.78, 5) is 15.4. The second-order valence-electron chi connectivity index (χ2n) is 16.0.